The molecule has 0 aliphatic rings. The van der Waals surface area contributed by atoms with Crippen LogP contribution in [0.3, 0.4) is 0 Å². The van der Waals surface area contributed by atoms with Crippen molar-refractivity contribution in [1.82, 2.24) is 0 Å². The van der Waals surface area contributed by atoms with Crippen LogP contribution in [0.4, 0.5) is 0 Å². The van der Waals surface area contributed by atoms with Crippen molar-refractivity contribution < 1.29 is 4.79 Å². The molecule has 0 saturated carbocycles. The topological polar surface area (TPSA) is 17.1 Å². The Labute approximate surface area is 149 Å². The maximum atomic E-state index is 12.2. The molecule has 1 heteroatoms. The highest BCUT2D eigenvalue weighted by atomic mass is 16.1. The molecular weight excluding hydrogens is 304 g/mol. The van der Waals surface area contributed by atoms with Crippen LogP contribution in [0.5, 0.6) is 0 Å². The summed E-state index contributed by atoms with van der Waals surface area (Å²) in [6.07, 6.45) is 7.26. The number of hydrogen-bond acceptors (Lipinski definition) is 1. The van der Waals surface area contributed by atoms with E-state index in [4.69, 9.17) is 0 Å². The zero-order chi connectivity index (χ0) is 17.5. The predicted molar refractivity (Wildman–Crippen MR) is 106 cm³/mol. The van der Waals surface area contributed by atoms with Gasteiger partial charge < -0.3 is 0 Å². The smallest absolute Gasteiger partial charge is 0.185 e. The van der Waals surface area contributed by atoms with Crippen LogP contribution in [0.25, 0.3) is 17.2 Å². The second kappa shape index (κ2) is 8.07. The lowest BCUT2D eigenvalue weighted by Crippen LogP contribution is -1.93. The van der Waals surface area contributed by atoms with E-state index >= 15 is 0 Å². The molecule has 1 nitrogen and oxygen atoms in total. The molecule has 122 valence electrons. The Balaban J connectivity index is 1.64. The van der Waals surface area contributed by atoms with Gasteiger partial charge in [0.15, 0.2) is 5.78 Å². The van der Waals surface area contributed by atoms with Crippen LogP contribution in [0.2, 0.25) is 0 Å². The number of hydrogen-bond donors (Lipinski definition) is 0. The molecule has 0 radical (unpaired) electrons. The lowest BCUT2D eigenvalue weighted by Gasteiger charge is -2.02. The fourth-order valence-electron chi connectivity index (χ4n) is 2.54. The van der Waals surface area contributed by atoms with Crippen molar-refractivity contribution in [1.29, 1.82) is 0 Å². The maximum Gasteiger partial charge on any atom is 0.185 e. The summed E-state index contributed by atoms with van der Waals surface area (Å²) in [4.78, 5) is 12.2. The Bertz CT molecular complexity index is 883. The van der Waals surface area contributed by atoms with Crippen LogP contribution >= 0.6 is 0 Å². The molecule has 0 heterocycles. The Morgan fingerprint density at radius 3 is 2.04 bits per heavy atom. The third-order valence-corrected chi connectivity index (χ3v) is 4.00. The molecule has 0 aliphatic heterocycles. The average Bonchev–Trinajstić information content (AvgIpc) is 2.67. The number of ketones is 1. The van der Waals surface area contributed by atoms with Crippen molar-refractivity contribution >= 4 is 11.9 Å². The van der Waals surface area contributed by atoms with Gasteiger partial charge in [-0.15, -0.1) is 0 Å². The van der Waals surface area contributed by atoms with E-state index in [1.165, 1.54) is 5.56 Å². The van der Waals surface area contributed by atoms with Crippen molar-refractivity contribution in [3.63, 3.8) is 0 Å². The molecule has 0 saturated heterocycles. The zero-order valence-corrected chi connectivity index (χ0v) is 14.2. The summed E-state index contributed by atoms with van der Waals surface area (Å²) in [6.45, 7) is 2.06. The fourth-order valence-corrected chi connectivity index (χ4v) is 2.54. The SMILES string of the molecule is Cc1ccc(C=CC=CC(=O)c2ccc(-c3ccccc3)cc2)cc1. The predicted octanol–water partition coefficient (Wildman–Crippen LogP) is 6.11. The molecule has 25 heavy (non-hydrogen) atoms. The Morgan fingerprint density at radius 2 is 1.36 bits per heavy atom. The summed E-state index contributed by atoms with van der Waals surface area (Å²) in [5, 5.41) is 0. The van der Waals surface area contributed by atoms with Gasteiger partial charge in [-0.3, -0.25) is 4.79 Å². The number of rotatable bonds is 5. The van der Waals surface area contributed by atoms with Crippen LogP contribution < -0.4 is 0 Å². The van der Waals surface area contributed by atoms with E-state index in [9.17, 15) is 4.79 Å². The maximum absolute atomic E-state index is 12.2. The molecule has 0 amide bonds. The molecule has 0 spiro atoms. The van der Waals surface area contributed by atoms with Gasteiger partial charge in [0.25, 0.3) is 0 Å². The van der Waals surface area contributed by atoms with Gasteiger partial charge in [0.05, 0.1) is 0 Å². The Morgan fingerprint density at radius 1 is 0.720 bits per heavy atom. The monoisotopic (exact) mass is 324 g/mol. The molecule has 0 aliphatic carbocycles. The first kappa shape index (κ1) is 16.7. The highest BCUT2D eigenvalue weighted by Gasteiger charge is 2.02. The van der Waals surface area contributed by atoms with Crippen LogP contribution in [0.1, 0.15) is 21.5 Å². The number of allylic oxidation sites excluding steroid dienone is 3. The Hall–Kier alpha value is -3.19. The van der Waals surface area contributed by atoms with Gasteiger partial charge in [0.2, 0.25) is 0 Å². The number of aryl methyl sites for hydroxylation is 1. The molecule has 0 fully saturated rings. The molecule has 3 rings (SSSR count). The summed E-state index contributed by atoms with van der Waals surface area (Å²) in [6, 6.07) is 26.1. The zero-order valence-electron chi connectivity index (χ0n) is 14.2. The van der Waals surface area contributed by atoms with Crippen molar-refractivity contribution in [2.45, 2.75) is 6.92 Å². The molecular formula is C24H20O. The van der Waals surface area contributed by atoms with Crippen LogP contribution in [0, 0.1) is 6.92 Å². The summed E-state index contributed by atoms with van der Waals surface area (Å²) >= 11 is 0. The van der Waals surface area contributed by atoms with E-state index in [0.717, 1.165) is 16.7 Å². The molecule has 0 bridgehead atoms. The first-order chi connectivity index (χ1) is 12.2. The third kappa shape index (κ3) is 4.65. The minimum atomic E-state index is 0.00756. The van der Waals surface area contributed by atoms with Crippen LogP contribution in [-0.4, -0.2) is 5.78 Å². The molecule has 3 aromatic rings. The highest BCUT2D eigenvalue weighted by molar-refractivity contribution is 6.04. The standard InChI is InChI=1S/C24H20O/c1-19-11-13-20(14-12-19)7-5-6-10-24(25)23-17-15-22(16-18-23)21-8-3-2-4-9-21/h2-18H,1H3. The van der Waals surface area contributed by atoms with E-state index in [2.05, 4.69) is 43.3 Å². The number of benzene rings is 3. The summed E-state index contributed by atoms with van der Waals surface area (Å²) in [5.74, 6) is 0.00756. The second-order valence-electron chi connectivity index (χ2n) is 5.94. The number of carbonyl (C=O) groups is 1. The van der Waals surface area contributed by atoms with Crippen LogP contribution in [-0.2, 0) is 0 Å². The van der Waals surface area contributed by atoms with E-state index in [1.807, 2.05) is 54.6 Å². The first-order valence-corrected chi connectivity index (χ1v) is 8.33. The summed E-state index contributed by atoms with van der Waals surface area (Å²) in [5.41, 5.74) is 5.31. The third-order valence-electron chi connectivity index (χ3n) is 4.00. The minimum absolute atomic E-state index is 0.00756. The molecule has 0 aromatic heterocycles. The summed E-state index contributed by atoms with van der Waals surface area (Å²) < 4.78 is 0. The average molecular weight is 324 g/mol. The fraction of sp³-hybridized carbons (Fsp3) is 0.0417. The summed E-state index contributed by atoms with van der Waals surface area (Å²) in [7, 11) is 0. The lowest BCUT2D eigenvalue weighted by molar-refractivity contribution is 0.104. The van der Waals surface area contributed by atoms with Crippen molar-refractivity contribution in [2.75, 3.05) is 0 Å². The largest absolute Gasteiger partial charge is 0.289 e. The molecule has 0 unspecified atom stereocenters. The van der Waals surface area contributed by atoms with Gasteiger partial charge in [-0.2, -0.15) is 0 Å². The first-order valence-electron chi connectivity index (χ1n) is 8.33. The van der Waals surface area contributed by atoms with Crippen molar-refractivity contribution in [3.05, 3.63) is 114 Å². The van der Waals surface area contributed by atoms with E-state index < -0.39 is 0 Å². The van der Waals surface area contributed by atoms with E-state index in [-0.39, 0.29) is 5.78 Å². The second-order valence-corrected chi connectivity index (χ2v) is 5.94. The van der Waals surface area contributed by atoms with Gasteiger partial charge in [-0.25, -0.2) is 0 Å². The van der Waals surface area contributed by atoms with Gasteiger partial charge in [-0.05, 0) is 29.7 Å². The van der Waals surface area contributed by atoms with Crippen molar-refractivity contribution in [2.24, 2.45) is 0 Å². The van der Waals surface area contributed by atoms with Gasteiger partial charge in [0, 0.05) is 5.56 Å². The molecule has 0 atom stereocenters. The minimum Gasteiger partial charge on any atom is -0.289 e. The van der Waals surface area contributed by atoms with E-state index in [0.29, 0.717) is 5.56 Å². The van der Waals surface area contributed by atoms with Crippen molar-refractivity contribution in [3.8, 4) is 11.1 Å². The quantitative estimate of drug-likeness (QED) is 0.314. The Kier molecular flexibility index (Phi) is 5.38. The van der Waals surface area contributed by atoms with E-state index in [1.54, 1.807) is 12.2 Å². The molecule has 3 aromatic carbocycles. The number of carbonyl (C=O) groups excluding carboxylic acids is 1. The normalized spacial score (nSPS) is 11.2. The highest BCUT2D eigenvalue weighted by Crippen LogP contribution is 2.19. The van der Waals surface area contributed by atoms with Gasteiger partial charge in [0.1, 0.15) is 0 Å². The van der Waals surface area contributed by atoms with Crippen LogP contribution in [0.15, 0.2) is 97.1 Å². The van der Waals surface area contributed by atoms with Gasteiger partial charge >= 0.3 is 0 Å². The van der Waals surface area contributed by atoms with Gasteiger partial charge in [-0.1, -0.05) is 103 Å². The molecule has 0 N–H and O–H groups in total. The lowest BCUT2D eigenvalue weighted by atomic mass is 10.0.